The van der Waals surface area contributed by atoms with Gasteiger partial charge in [0.1, 0.15) is 17.4 Å². The largest absolute Gasteiger partial charge is 0.497 e. The van der Waals surface area contributed by atoms with Crippen molar-refractivity contribution in [2.45, 2.75) is 5.92 Å². The average molecular weight is 345 g/mol. The van der Waals surface area contributed by atoms with Crippen LogP contribution in [0.1, 0.15) is 17.2 Å². The molecule has 0 spiro atoms. The lowest BCUT2D eigenvalue weighted by atomic mass is 9.88. The quantitative estimate of drug-likeness (QED) is 0.762. The van der Waals surface area contributed by atoms with E-state index in [9.17, 15) is 5.26 Å². The molecule has 0 saturated heterocycles. The third-order valence-corrected chi connectivity index (χ3v) is 4.41. The number of nitrogens with one attached hydrogen (secondary N) is 2. The zero-order chi connectivity index (χ0) is 18.1. The molecular formula is C20H17N4O2+. The van der Waals surface area contributed by atoms with Crippen LogP contribution in [0, 0.1) is 11.3 Å². The van der Waals surface area contributed by atoms with E-state index in [1.807, 2.05) is 54.6 Å². The van der Waals surface area contributed by atoms with Gasteiger partial charge in [0, 0.05) is 0 Å². The lowest BCUT2D eigenvalue weighted by molar-refractivity contribution is -0.377. The molecule has 0 radical (unpaired) electrons. The van der Waals surface area contributed by atoms with Gasteiger partial charge in [0.25, 0.3) is 5.82 Å². The number of nitrogens with two attached hydrogens (primary N) is 1. The highest BCUT2D eigenvalue weighted by molar-refractivity contribution is 5.57. The molecule has 3 aromatic rings. The molecule has 0 fully saturated rings. The highest BCUT2D eigenvalue weighted by Gasteiger charge is 2.38. The van der Waals surface area contributed by atoms with Crippen molar-refractivity contribution in [2.75, 3.05) is 7.11 Å². The van der Waals surface area contributed by atoms with E-state index >= 15 is 0 Å². The van der Waals surface area contributed by atoms with Gasteiger partial charge in [-0.3, -0.25) is 0 Å². The van der Waals surface area contributed by atoms with E-state index in [-0.39, 0.29) is 11.8 Å². The standard InChI is InChI=1S/C20H16N4O2/c1-25-14-9-5-8-13(10-14)16-15(11-21)18(22)26-20-17(16)23-19(24-20)12-6-3-2-4-7-12/h2-10,16H,22H2,1H3,(H,23,24)/p+1. The van der Waals surface area contributed by atoms with Gasteiger partial charge < -0.3 is 15.2 Å². The van der Waals surface area contributed by atoms with Gasteiger partial charge in [-0.05, 0) is 29.8 Å². The molecule has 2 aromatic carbocycles. The van der Waals surface area contributed by atoms with Crippen LogP contribution in [0.3, 0.4) is 0 Å². The highest BCUT2D eigenvalue weighted by Crippen LogP contribution is 2.40. The second-order valence-corrected chi connectivity index (χ2v) is 5.94. The van der Waals surface area contributed by atoms with Crippen molar-refractivity contribution in [3.8, 4) is 29.1 Å². The summed E-state index contributed by atoms with van der Waals surface area (Å²) in [5, 5.41) is 9.65. The number of benzene rings is 2. The summed E-state index contributed by atoms with van der Waals surface area (Å²) in [7, 11) is 1.61. The first-order valence-electron chi connectivity index (χ1n) is 8.13. The number of ether oxygens (including phenoxy) is 2. The Bertz CT molecular complexity index is 1030. The first-order valence-corrected chi connectivity index (χ1v) is 8.13. The predicted molar refractivity (Wildman–Crippen MR) is 95.1 cm³/mol. The number of imidazole rings is 1. The Morgan fingerprint density at radius 1 is 1.19 bits per heavy atom. The maximum Gasteiger partial charge on any atom is 0.333 e. The van der Waals surface area contributed by atoms with Crippen LogP contribution in [0.5, 0.6) is 11.6 Å². The predicted octanol–water partition coefficient (Wildman–Crippen LogP) is 2.72. The van der Waals surface area contributed by atoms with E-state index in [0.717, 1.165) is 22.6 Å². The summed E-state index contributed by atoms with van der Waals surface area (Å²) in [4.78, 5) is 6.58. The number of hydrogen-bond acceptors (Lipinski definition) is 4. The van der Waals surface area contributed by atoms with Gasteiger partial charge >= 0.3 is 5.88 Å². The van der Waals surface area contributed by atoms with Crippen molar-refractivity contribution >= 4 is 0 Å². The fraction of sp³-hybridized carbons (Fsp3) is 0.100. The second-order valence-electron chi connectivity index (χ2n) is 5.94. The number of nitrogens with zero attached hydrogens (tertiary/aromatic N) is 1. The van der Waals surface area contributed by atoms with Gasteiger partial charge in [0.15, 0.2) is 0 Å². The second kappa shape index (κ2) is 6.30. The number of nitriles is 1. The topological polar surface area (TPSA) is 98.2 Å². The third-order valence-electron chi connectivity index (χ3n) is 4.41. The van der Waals surface area contributed by atoms with E-state index in [1.54, 1.807) is 7.11 Å². The minimum absolute atomic E-state index is 0.0997. The molecule has 0 aliphatic carbocycles. The molecule has 1 atom stereocenters. The summed E-state index contributed by atoms with van der Waals surface area (Å²) in [6, 6.07) is 19.6. The maximum atomic E-state index is 9.65. The Balaban J connectivity index is 1.87. The number of H-pyrrole nitrogens is 2. The minimum Gasteiger partial charge on any atom is -0.497 e. The molecule has 6 heteroatoms. The zero-order valence-electron chi connectivity index (χ0n) is 14.1. The molecule has 6 nitrogen and oxygen atoms in total. The number of hydrogen-bond donors (Lipinski definition) is 2. The Morgan fingerprint density at radius 3 is 2.73 bits per heavy atom. The van der Waals surface area contributed by atoms with E-state index in [1.165, 1.54) is 0 Å². The number of methoxy groups -OCH3 is 1. The van der Waals surface area contributed by atoms with Crippen molar-refractivity contribution in [1.82, 2.24) is 4.98 Å². The number of aromatic amines is 2. The summed E-state index contributed by atoms with van der Waals surface area (Å²) in [6.45, 7) is 0. The van der Waals surface area contributed by atoms with Crippen molar-refractivity contribution in [3.05, 3.63) is 77.3 Å². The molecule has 1 aliphatic heterocycles. The lowest BCUT2D eigenvalue weighted by Gasteiger charge is -2.20. The van der Waals surface area contributed by atoms with Crippen LogP contribution in [-0.2, 0) is 0 Å². The van der Waals surface area contributed by atoms with Crippen LogP contribution < -0.4 is 20.2 Å². The molecule has 0 bridgehead atoms. The number of allylic oxidation sites excluding steroid dienone is 1. The first kappa shape index (κ1) is 15.8. The SMILES string of the molecule is COc1cccc(C2C(C#N)=C(N)Oc3[nH+]c(-c4ccccc4)[nH]c32)c1. The van der Waals surface area contributed by atoms with E-state index in [2.05, 4.69) is 16.0 Å². The van der Waals surface area contributed by atoms with Crippen LogP contribution in [0.2, 0.25) is 0 Å². The molecule has 1 unspecified atom stereocenters. The van der Waals surface area contributed by atoms with Gasteiger partial charge in [-0.25, -0.2) is 9.97 Å². The smallest absolute Gasteiger partial charge is 0.333 e. The molecule has 1 aromatic heterocycles. The Kier molecular flexibility index (Phi) is 3.82. The van der Waals surface area contributed by atoms with Gasteiger partial charge in [0.05, 0.1) is 18.6 Å². The molecule has 1 aliphatic rings. The normalized spacial score (nSPS) is 15.8. The van der Waals surface area contributed by atoms with Crippen LogP contribution in [-0.4, -0.2) is 12.1 Å². The van der Waals surface area contributed by atoms with Crippen LogP contribution in [0.4, 0.5) is 0 Å². The summed E-state index contributed by atoms with van der Waals surface area (Å²) in [5.41, 5.74) is 9.01. The molecule has 2 heterocycles. The summed E-state index contributed by atoms with van der Waals surface area (Å²) < 4.78 is 11.0. The molecule has 128 valence electrons. The van der Waals surface area contributed by atoms with Crippen molar-refractivity contribution in [3.63, 3.8) is 0 Å². The maximum absolute atomic E-state index is 9.65. The van der Waals surface area contributed by atoms with Crippen molar-refractivity contribution in [2.24, 2.45) is 5.73 Å². The lowest BCUT2D eigenvalue weighted by Crippen LogP contribution is -2.23. The van der Waals surface area contributed by atoms with E-state index in [4.69, 9.17) is 15.2 Å². The summed E-state index contributed by atoms with van der Waals surface area (Å²) in [6.07, 6.45) is 0. The molecule has 26 heavy (non-hydrogen) atoms. The van der Waals surface area contributed by atoms with Crippen LogP contribution in [0.15, 0.2) is 66.1 Å². The number of fused-ring (bicyclic) bond motifs is 1. The first-order chi connectivity index (χ1) is 12.7. The fourth-order valence-corrected chi connectivity index (χ4v) is 3.16. The Labute approximate surface area is 150 Å². The van der Waals surface area contributed by atoms with Crippen molar-refractivity contribution in [1.29, 1.82) is 5.26 Å². The van der Waals surface area contributed by atoms with Crippen LogP contribution >= 0.6 is 0 Å². The number of aromatic nitrogens is 2. The van der Waals surface area contributed by atoms with Gasteiger partial charge in [0.2, 0.25) is 11.6 Å². The highest BCUT2D eigenvalue weighted by atomic mass is 16.5. The molecule has 0 amide bonds. The summed E-state index contributed by atoms with van der Waals surface area (Å²) >= 11 is 0. The number of rotatable bonds is 3. The van der Waals surface area contributed by atoms with Gasteiger partial charge in [-0.2, -0.15) is 5.26 Å². The molecule has 4 N–H and O–H groups in total. The Hall–Kier alpha value is -3.72. The minimum atomic E-state index is -0.368. The van der Waals surface area contributed by atoms with Crippen molar-refractivity contribution < 1.29 is 14.5 Å². The molecular weight excluding hydrogens is 328 g/mol. The zero-order valence-corrected chi connectivity index (χ0v) is 14.1. The van der Waals surface area contributed by atoms with Crippen LogP contribution in [0.25, 0.3) is 11.4 Å². The van der Waals surface area contributed by atoms with Gasteiger partial charge in [-0.15, -0.1) is 0 Å². The Morgan fingerprint density at radius 2 is 2.00 bits per heavy atom. The van der Waals surface area contributed by atoms with E-state index in [0.29, 0.717) is 17.2 Å². The molecule has 4 rings (SSSR count). The molecule has 0 saturated carbocycles. The van der Waals surface area contributed by atoms with E-state index < -0.39 is 0 Å². The monoisotopic (exact) mass is 345 g/mol. The third kappa shape index (κ3) is 2.56. The van der Waals surface area contributed by atoms with Gasteiger partial charge in [-0.1, -0.05) is 30.3 Å². The average Bonchev–Trinajstić information content (AvgIpc) is 3.11. The summed E-state index contributed by atoms with van der Waals surface area (Å²) in [5.74, 6) is 1.74. The fourth-order valence-electron chi connectivity index (χ4n) is 3.16.